The van der Waals surface area contributed by atoms with Gasteiger partial charge in [0, 0.05) is 39.9 Å². The standard InChI is InChI=1S/C15H26BrN3S/c1-4-12-10-18(3)6-5-7-19(12)14(9-17)15-8-13(16)11(2)20-15/h8,12,14H,4-7,9-10,17H2,1-3H3. The number of rotatable bonds is 4. The summed E-state index contributed by atoms with van der Waals surface area (Å²) in [5, 5.41) is 0. The van der Waals surface area contributed by atoms with Crippen molar-refractivity contribution in [3.8, 4) is 0 Å². The Kier molecular flexibility index (Phi) is 6.05. The second-order valence-corrected chi connectivity index (χ2v) is 7.86. The van der Waals surface area contributed by atoms with Crippen molar-refractivity contribution in [3.05, 3.63) is 20.3 Å². The molecule has 3 nitrogen and oxygen atoms in total. The molecule has 20 heavy (non-hydrogen) atoms. The molecule has 1 aromatic heterocycles. The number of halogens is 1. The van der Waals surface area contributed by atoms with Gasteiger partial charge in [-0.2, -0.15) is 0 Å². The van der Waals surface area contributed by atoms with Gasteiger partial charge < -0.3 is 10.6 Å². The molecule has 2 rings (SSSR count). The first-order valence-corrected chi connectivity index (χ1v) is 9.08. The molecule has 114 valence electrons. The monoisotopic (exact) mass is 359 g/mol. The summed E-state index contributed by atoms with van der Waals surface area (Å²) in [6, 6.07) is 3.23. The summed E-state index contributed by atoms with van der Waals surface area (Å²) in [6.45, 7) is 8.65. The number of hydrogen-bond donors (Lipinski definition) is 1. The predicted octanol–water partition coefficient (Wildman–Crippen LogP) is 3.23. The average molecular weight is 360 g/mol. The summed E-state index contributed by atoms with van der Waals surface area (Å²) < 4.78 is 1.22. The molecule has 2 atom stereocenters. The van der Waals surface area contributed by atoms with Crippen LogP contribution in [0.5, 0.6) is 0 Å². The zero-order valence-corrected chi connectivity index (χ0v) is 15.1. The van der Waals surface area contributed by atoms with Crippen molar-refractivity contribution in [1.29, 1.82) is 0 Å². The van der Waals surface area contributed by atoms with Crippen LogP contribution in [0.1, 0.15) is 35.6 Å². The molecular weight excluding hydrogens is 334 g/mol. The Hall–Kier alpha value is 0.0600. The van der Waals surface area contributed by atoms with Gasteiger partial charge in [-0.15, -0.1) is 11.3 Å². The molecule has 0 spiro atoms. The van der Waals surface area contributed by atoms with Crippen molar-refractivity contribution < 1.29 is 0 Å². The van der Waals surface area contributed by atoms with Gasteiger partial charge in [0.05, 0.1) is 6.04 Å². The van der Waals surface area contributed by atoms with Crippen molar-refractivity contribution in [1.82, 2.24) is 9.80 Å². The van der Waals surface area contributed by atoms with Crippen LogP contribution in [0.3, 0.4) is 0 Å². The Balaban J connectivity index is 2.23. The second kappa shape index (κ2) is 7.36. The van der Waals surface area contributed by atoms with Crippen LogP contribution in [0.15, 0.2) is 10.5 Å². The minimum atomic E-state index is 0.362. The van der Waals surface area contributed by atoms with Crippen LogP contribution in [-0.2, 0) is 0 Å². The Morgan fingerprint density at radius 1 is 1.50 bits per heavy atom. The minimum absolute atomic E-state index is 0.362. The van der Waals surface area contributed by atoms with Crippen LogP contribution >= 0.6 is 27.3 Å². The lowest BCUT2D eigenvalue weighted by molar-refractivity contribution is 0.133. The highest BCUT2D eigenvalue weighted by molar-refractivity contribution is 9.10. The van der Waals surface area contributed by atoms with Crippen LogP contribution in [0, 0.1) is 6.92 Å². The predicted molar refractivity (Wildman–Crippen MR) is 91.5 cm³/mol. The number of nitrogens with two attached hydrogens (primary N) is 1. The van der Waals surface area contributed by atoms with Crippen LogP contribution in [0.2, 0.25) is 0 Å². The average Bonchev–Trinajstić information content (AvgIpc) is 2.63. The van der Waals surface area contributed by atoms with Gasteiger partial charge in [-0.3, -0.25) is 4.90 Å². The van der Waals surface area contributed by atoms with Crippen LogP contribution in [-0.4, -0.2) is 49.1 Å². The Labute approximate surface area is 135 Å². The van der Waals surface area contributed by atoms with E-state index in [2.05, 4.69) is 52.7 Å². The van der Waals surface area contributed by atoms with Crippen molar-refractivity contribution in [2.75, 3.05) is 33.2 Å². The van der Waals surface area contributed by atoms with Crippen LogP contribution < -0.4 is 5.73 Å². The van der Waals surface area contributed by atoms with E-state index in [1.165, 1.54) is 33.6 Å². The number of hydrogen-bond acceptors (Lipinski definition) is 4. The third kappa shape index (κ3) is 3.63. The van der Waals surface area contributed by atoms with Gasteiger partial charge in [0.1, 0.15) is 0 Å². The summed E-state index contributed by atoms with van der Waals surface area (Å²) in [6.07, 6.45) is 2.42. The van der Waals surface area contributed by atoms with Crippen LogP contribution in [0.25, 0.3) is 0 Å². The lowest BCUT2D eigenvalue weighted by Gasteiger charge is -2.36. The fourth-order valence-corrected chi connectivity index (χ4v) is 4.79. The molecule has 1 fully saturated rings. The number of likely N-dealkylation sites (N-methyl/N-ethyl adjacent to an activating group) is 1. The molecule has 5 heteroatoms. The second-order valence-electron chi connectivity index (χ2n) is 5.72. The van der Waals surface area contributed by atoms with E-state index in [0.29, 0.717) is 18.6 Å². The third-order valence-corrected chi connectivity index (χ3v) is 6.48. The largest absolute Gasteiger partial charge is 0.329 e. The third-order valence-electron chi connectivity index (χ3n) is 4.25. The normalized spacial score (nSPS) is 23.8. The van der Waals surface area contributed by atoms with Gasteiger partial charge in [0.15, 0.2) is 0 Å². The maximum atomic E-state index is 6.13. The Morgan fingerprint density at radius 3 is 2.80 bits per heavy atom. The molecule has 2 unspecified atom stereocenters. The smallest absolute Gasteiger partial charge is 0.0567 e. The topological polar surface area (TPSA) is 32.5 Å². The van der Waals surface area contributed by atoms with E-state index < -0.39 is 0 Å². The van der Waals surface area contributed by atoms with Gasteiger partial charge >= 0.3 is 0 Å². The molecule has 2 N–H and O–H groups in total. The van der Waals surface area contributed by atoms with Crippen LogP contribution in [0.4, 0.5) is 0 Å². The van der Waals surface area contributed by atoms with Crippen molar-refractivity contribution in [3.63, 3.8) is 0 Å². The van der Waals surface area contributed by atoms with Crippen molar-refractivity contribution in [2.24, 2.45) is 5.73 Å². The SMILES string of the molecule is CCC1CN(C)CCCN1C(CN)c1cc(Br)c(C)s1. The summed E-state index contributed by atoms with van der Waals surface area (Å²) in [7, 11) is 2.23. The van der Waals surface area contributed by atoms with E-state index in [4.69, 9.17) is 5.73 Å². The molecule has 1 aliphatic heterocycles. The lowest BCUT2D eigenvalue weighted by Crippen LogP contribution is -2.44. The minimum Gasteiger partial charge on any atom is -0.329 e. The first-order chi connectivity index (χ1) is 9.56. The van der Waals surface area contributed by atoms with Crippen molar-refractivity contribution in [2.45, 2.75) is 38.8 Å². The lowest BCUT2D eigenvalue weighted by atomic mass is 10.1. The first-order valence-electron chi connectivity index (χ1n) is 7.47. The van der Waals surface area contributed by atoms with Gasteiger partial charge in [-0.25, -0.2) is 0 Å². The highest BCUT2D eigenvalue weighted by Gasteiger charge is 2.29. The molecule has 1 aromatic rings. The fraction of sp³-hybridized carbons (Fsp3) is 0.733. The highest BCUT2D eigenvalue weighted by atomic mass is 79.9. The number of aryl methyl sites for hydroxylation is 1. The van der Waals surface area contributed by atoms with E-state index in [0.717, 1.165) is 13.1 Å². The Bertz CT molecular complexity index is 415. The molecule has 0 saturated carbocycles. The zero-order valence-electron chi connectivity index (χ0n) is 12.7. The van der Waals surface area contributed by atoms with E-state index in [9.17, 15) is 0 Å². The summed E-state index contributed by atoms with van der Waals surface area (Å²) in [4.78, 5) is 7.84. The number of nitrogens with zero attached hydrogens (tertiary/aromatic N) is 2. The quantitative estimate of drug-likeness (QED) is 0.895. The summed E-state index contributed by atoms with van der Waals surface area (Å²) >= 11 is 5.52. The zero-order chi connectivity index (χ0) is 14.7. The molecule has 0 aromatic carbocycles. The Morgan fingerprint density at radius 2 is 2.25 bits per heavy atom. The molecular formula is C15H26BrN3S. The van der Waals surface area contributed by atoms with Gasteiger partial charge in [-0.05, 0) is 55.4 Å². The van der Waals surface area contributed by atoms with Gasteiger partial charge in [0.2, 0.25) is 0 Å². The van der Waals surface area contributed by atoms with Gasteiger partial charge in [0.25, 0.3) is 0 Å². The maximum absolute atomic E-state index is 6.13. The maximum Gasteiger partial charge on any atom is 0.0567 e. The van der Waals surface area contributed by atoms with E-state index in [1.54, 1.807) is 0 Å². The molecule has 0 radical (unpaired) electrons. The van der Waals surface area contributed by atoms with E-state index in [-0.39, 0.29) is 0 Å². The summed E-state index contributed by atoms with van der Waals surface area (Å²) in [5.41, 5.74) is 6.13. The van der Waals surface area contributed by atoms with Gasteiger partial charge in [-0.1, -0.05) is 6.92 Å². The van der Waals surface area contributed by atoms with E-state index >= 15 is 0 Å². The highest BCUT2D eigenvalue weighted by Crippen LogP contribution is 2.34. The number of thiophene rings is 1. The van der Waals surface area contributed by atoms with E-state index in [1.807, 2.05) is 11.3 Å². The van der Waals surface area contributed by atoms with Crippen molar-refractivity contribution >= 4 is 27.3 Å². The molecule has 0 bridgehead atoms. The summed E-state index contributed by atoms with van der Waals surface area (Å²) in [5.74, 6) is 0. The molecule has 2 heterocycles. The molecule has 0 amide bonds. The molecule has 0 aliphatic carbocycles. The molecule has 1 aliphatic rings. The molecule has 1 saturated heterocycles. The first kappa shape index (κ1) is 16.4. The fourth-order valence-electron chi connectivity index (χ4n) is 3.10.